The van der Waals surface area contributed by atoms with Gasteiger partial charge < -0.3 is 5.32 Å². The van der Waals surface area contributed by atoms with Crippen LogP contribution in [0.15, 0.2) is 0 Å². The number of nitrogens with zero attached hydrogens (tertiary/aromatic N) is 1. The van der Waals surface area contributed by atoms with E-state index in [2.05, 4.69) is 25.2 Å². The molecular weight excluding hydrogens is 112 g/mol. The van der Waals surface area contributed by atoms with Gasteiger partial charge in [0.2, 0.25) is 0 Å². The maximum absolute atomic E-state index is 8.36. The van der Waals surface area contributed by atoms with Gasteiger partial charge in [-0.05, 0) is 6.92 Å². The monoisotopic (exact) mass is 126 g/mol. The van der Waals surface area contributed by atoms with E-state index >= 15 is 0 Å². The molecule has 0 heterocycles. The summed E-state index contributed by atoms with van der Waals surface area (Å²) in [6.45, 7) is 6.86. The van der Waals surface area contributed by atoms with E-state index < -0.39 is 0 Å². The van der Waals surface area contributed by atoms with Crippen molar-refractivity contribution in [3.05, 3.63) is 0 Å². The summed E-state index contributed by atoms with van der Waals surface area (Å²) in [6.07, 6.45) is 0. The van der Waals surface area contributed by atoms with Gasteiger partial charge in [0.25, 0.3) is 0 Å². The highest BCUT2D eigenvalue weighted by Crippen LogP contribution is 1.88. The molecule has 0 saturated carbocycles. The van der Waals surface area contributed by atoms with Gasteiger partial charge in [-0.3, -0.25) is 0 Å². The van der Waals surface area contributed by atoms with Crippen LogP contribution in [0.2, 0.25) is 0 Å². The molecule has 0 fully saturated rings. The Bertz CT molecular complexity index is 102. The molecule has 2 heteroatoms. The summed E-state index contributed by atoms with van der Waals surface area (Å²) in [6, 6.07) is 2.64. The highest BCUT2D eigenvalue weighted by atomic mass is 14.9. The molecule has 0 aliphatic rings. The van der Waals surface area contributed by atoms with E-state index in [4.69, 9.17) is 5.26 Å². The SMILES string of the molecule is CC(C)NC[C@@H](C)C#N. The molecule has 1 atom stereocenters. The van der Waals surface area contributed by atoms with Gasteiger partial charge in [-0.25, -0.2) is 0 Å². The second-order valence-corrected chi connectivity index (χ2v) is 2.59. The number of rotatable bonds is 3. The van der Waals surface area contributed by atoms with E-state index in [-0.39, 0.29) is 5.92 Å². The Kier molecular flexibility index (Phi) is 4.08. The van der Waals surface area contributed by atoms with Crippen LogP contribution in [-0.2, 0) is 0 Å². The van der Waals surface area contributed by atoms with E-state index in [1.165, 1.54) is 0 Å². The molecule has 0 aliphatic carbocycles. The van der Waals surface area contributed by atoms with Crippen LogP contribution in [0, 0.1) is 17.2 Å². The molecule has 0 aromatic heterocycles. The normalized spacial score (nSPS) is 13.2. The van der Waals surface area contributed by atoms with Crippen LogP contribution in [-0.4, -0.2) is 12.6 Å². The minimum Gasteiger partial charge on any atom is -0.313 e. The third-order valence-electron chi connectivity index (χ3n) is 1.05. The van der Waals surface area contributed by atoms with Gasteiger partial charge in [0, 0.05) is 12.6 Å². The molecule has 9 heavy (non-hydrogen) atoms. The van der Waals surface area contributed by atoms with Gasteiger partial charge in [0.1, 0.15) is 0 Å². The molecule has 0 unspecified atom stereocenters. The minimum atomic E-state index is 0.132. The minimum absolute atomic E-state index is 0.132. The molecule has 0 saturated heterocycles. The Morgan fingerprint density at radius 2 is 2.00 bits per heavy atom. The first kappa shape index (κ1) is 8.45. The van der Waals surface area contributed by atoms with Crippen LogP contribution >= 0.6 is 0 Å². The number of hydrogen-bond donors (Lipinski definition) is 1. The summed E-state index contributed by atoms with van der Waals surface area (Å²) in [4.78, 5) is 0. The van der Waals surface area contributed by atoms with Crippen molar-refractivity contribution in [2.75, 3.05) is 6.54 Å². The summed E-state index contributed by atoms with van der Waals surface area (Å²) >= 11 is 0. The van der Waals surface area contributed by atoms with Crippen LogP contribution in [0.25, 0.3) is 0 Å². The van der Waals surface area contributed by atoms with Gasteiger partial charge >= 0.3 is 0 Å². The summed E-state index contributed by atoms with van der Waals surface area (Å²) in [7, 11) is 0. The zero-order valence-corrected chi connectivity index (χ0v) is 6.31. The summed E-state index contributed by atoms with van der Waals surface area (Å²) in [5, 5.41) is 11.5. The molecule has 1 N–H and O–H groups in total. The van der Waals surface area contributed by atoms with E-state index in [1.807, 2.05) is 6.92 Å². The third kappa shape index (κ3) is 5.32. The lowest BCUT2D eigenvalue weighted by Crippen LogP contribution is -2.27. The standard InChI is InChI=1S/C7H14N2/c1-6(2)9-5-7(3)4-8/h6-7,9H,5H2,1-3H3/t7-/m0/s1. The topological polar surface area (TPSA) is 35.8 Å². The summed E-state index contributed by atoms with van der Waals surface area (Å²) < 4.78 is 0. The second kappa shape index (κ2) is 4.34. The fourth-order valence-electron chi connectivity index (χ4n) is 0.458. The lowest BCUT2D eigenvalue weighted by atomic mass is 10.2. The number of nitriles is 1. The smallest absolute Gasteiger partial charge is 0.0666 e. The van der Waals surface area contributed by atoms with Gasteiger partial charge in [-0.2, -0.15) is 5.26 Å². The largest absolute Gasteiger partial charge is 0.313 e. The van der Waals surface area contributed by atoms with Crippen molar-refractivity contribution >= 4 is 0 Å². The van der Waals surface area contributed by atoms with E-state index in [0.29, 0.717) is 6.04 Å². The zero-order chi connectivity index (χ0) is 7.28. The average molecular weight is 126 g/mol. The average Bonchev–Trinajstić information content (AvgIpc) is 1.83. The molecule has 0 bridgehead atoms. The van der Waals surface area contributed by atoms with Crippen molar-refractivity contribution in [1.29, 1.82) is 5.26 Å². The van der Waals surface area contributed by atoms with Crippen molar-refractivity contribution in [3.8, 4) is 6.07 Å². The van der Waals surface area contributed by atoms with Gasteiger partial charge in [-0.1, -0.05) is 13.8 Å². The predicted octanol–water partition coefficient (Wildman–Crippen LogP) is 1.14. The molecule has 0 aromatic rings. The Morgan fingerprint density at radius 1 is 1.44 bits per heavy atom. The lowest BCUT2D eigenvalue weighted by molar-refractivity contribution is 0.538. The molecular formula is C7H14N2. The predicted molar refractivity (Wildman–Crippen MR) is 37.9 cm³/mol. The van der Waals surface area contributed by atoms with Crippen LogP contribution in [0.4, 0.5) is 0 Å². The molecule has 0 radical (unpaired) electrons. The molecule has 0 spiro atoms. The maximum Gasteiger partial charge on any atom is 0.0666 e. The Labute approximate surface area is 56.9 Å². The van der Waals surface area contributed by atoms with E-state index in [9.17, 15) is 0 Å². The van der Waals surface area contributed by atoms with Crippen molar-refractivity contribution in [2.45, 2.75) is 26.8 Å². The van der Waals surface area contributed by atoms with Crippen LogP contribution in [0.5, 0.6) is 0 Å². The van der Waals surface area contributed by atoms with Crippen molar-refractivity contribution in [1.82, 2.24) is 5.32 Å². The van der Waals surface area contributed by atoms with Crippen molar-refractivity contribution in [2.24, 2.45) is 5.92 Å². The second-order valence-electron chi connectivity index (χ2n) is 2.59. The highest BCUT2D eigenvalue weighted by Gasteiger charge is 1.98. The fraction of sp³-hybridized carbons (Fsp3) is 0.857. The van der Waals surface area contributed by atoms with Crippen LogP contribution in [0.1, 0.15) is 20.8 Å². The fourth-order valence-corrected chi connectivity index (χ4v) is 0.458. The van der Waals surface area contributed by atoms with Crippen LogP contribution < -0.4 is 5.32 Å². The molecule has 2 nitrogen and oxygen atoms in total. The van der Waals surface area contributed by atoms with E-state index in [0.717, 1.165) is 6.54 Å². The van der Waals surface area contributed by atoms with Crippen molar-refractivity contribution < 1.29 is 0 Å². The molecule has 0 rings (SSSR count). The van der Waals surface area contributed by atoms with E-state index in [1.54, 1.807) is 0 Å². The highest BCUT2D eigenvalue weighted by molar-refractivity contribution is 4.80. The molecule has 0 aliphatic heterocycles. The lowest BCUT2D eigenvalue weighted by Gasteiger charge is -2.07. The quantitative estimate of drug-likeness (QED) is 0.615. The molecule has 0 aromatic carbocycles. The van der Waals surface area contributed by atoms with Crippen molar-refractivity contribution in [3.63, 3.8) is 0 Å². The Morgan fingerprint density at radius 3 is 2.33 bits per heavy atom. The third-order valence-corrected chi connectivity index (χ3v) is 1.05. The first-order chi connectivity index (χ1) is 4.16. The molecule has 0 amide bonds. The van der Waals surface area contributed by atoms with Gasteiger partial charge in [-0.15, -0.1) is 0 Å². The first-order valence-corrected chi connectivity index (χ1v) is 3.29. The molecule has 52 valence electrons. The zero-order valence-electron chi connectivity index (χ0n) is 6.31. The first-order valence-electron chi connectivity index (χ1n) is 3.29. The Hall–Kier alpha value is -0.550. The van der Waals surface area contributed by atoms with Crippen LogP contribution in [0.3, 0.4) is 0 Å². The number of hydrogen-bond acceptors (Lipinski definition) is 2. The maximum atomic E-state index is 8.36. The van der Waals surface area contributed by atoms with Gasteiger partial charge in [0.15, 0.2) is 0 Å². The summed E-state index contributed by atoms with van der Waals surface area (Å²) in [5.41, 5.74) is 0. The number of nitrogens with one attached hydrogen (secondary N) is 1. The summed E-state index contributed by atoms with van der Waals surface area (Å²) in [5.74, 6) is 0.132. The Balaban J connectivity index is 3.19. The van der Waals surface area contributed by atoms with Gasteiger partial charge in [0.05, 0.1) is 12.0 Å².